The van der Waals surface area contributed by atoms with E-state index in [1.54, 1.807) is 58.6 Å². The van der Waals surface area contributed by atoms with Crippen LogP contribution in [0.4, 0.5) is 10.5 Å². The molecule has 0 aliphatic carbocycles. The van der Waals surface area contributed by atoms with Gasteiger partial charge in [-0.1, -0.05) is 17.7 Å². The minimum absolute atomic E-state index is 0.207. The first-order valence-electron chi connectivity index (χ1n) is 10.5. The predicted octanol–water partition coefficient (Wildman–Crippen LogP) is 4.47. The van der Waals surface area contributed by atoms with Crippen LogP contribution in [0.2, 0.25) is 5.02 Å². The summed E-state index contributed by atoms with van der Waals surface area (Å²) in [7, 11) is 0. The number of hydrogen-bond donors (Lipinski definition) is 0. The second kappa shape index (κ2) is 8.37. The number of rotatable bonds is 4. The quantitative estimate of drug-likeness (QED) is 0.566. The van der Waals surface area contributed by atoms with E-state index in [-0.39, 0.29) is 18.3 Å². The molecule has 2 aliphatic rings. The molecular weight excluding hydrogens is 444 g/mol. The third-order valence-electron chi connectivity index (χ3n) is 5.79. The van der Waals surface area contributed by atoms with E-state index >= 15 is 0 Å². The summed E-state index contributed by atoms with van der Waals surface area (Å²) in [5, 5.41) is 0.539. The van der Waals surface area contributed by atoms with E-state index in [0.29, 0.717) is 41.5 Å². The fraction of sp³-hybridized carbons (Fsp3) is 0.250. The van der Waals surface area contributed by atoms with Gasteiger partial charge in [0.1, 0.15) is 11.3 Å². The van der Waals surface area contributed by atoms with Gasteiger partial charge in [-0.15, -0.1) is 0 Å². The van der Waals surface area contributed by atoms with Gasteiger partial charge in [0.25, 0.3) is 5.91 Å². The maximum Gasteiger partial charge on any atom is 0.415 e. The predicted molar refractivity (Wildman–Crippen MR) is 122 cm³/mol. The molecule has 168 valence electrons. The second-order valence-electron chi connectivity index (χ2n) is 8.19. The van der Waals surface area contributed by atoms with Crippen molar-refractivity contribution in [2.75, 3.05) is 24.5 Å². The lowest BCUT2D eigenvalue weighted by molar-refractivity contribution is 0.0552. The van der Waals surface area contributed by atoms with Crippen LogP contribution in [-0.4, -0.2) is 52.1 Å². The zero-order chi connectivity index (χ0) is 23.0. The molecule has 2 saturated heterocycles. The van der Waals surface area contributed by atoms with Crippen molar-refractivity contribution < 1.29 is 19.1 Å². The van der Waals surface area contributed by atoms with E-state index in [2.05, 4.69) is 9.97 Å². The van der Waals surface area contributed by atoms with Crippen molar-refractivity contribution >= 4 is 29.3 Å². The molecule has 3 aromatic rings. The molecule has 0 unspecified atom stereocenters. The van der Waals surface area contributed by atoms with Crippen LogP contribution in [-0.2, 0) is 4.74 Å². The van der Waals surface area contributed by atoms with Crippen LogP contribution in [0.25, 0.3) is 0 Å². The Morgan fingerprint density at radius 2 is 2.03 bits per heavy atom. The van der Waals surface area contributed by atoms with Crippen molar-refractivity contribution in [3.63, 3.8) is 0 Å². The molecule has 2 amide bonds. The number of benzene rings is 1. The largest absolute Gasteiger partial charge is 0.439 e. The summed E-state index contributed by atoms with van der Waals surface area (Å²) in [4.78, 5) is 37.6. The number of likely N-dealkylation sites (tertiary alicyclic amines) is 1. The van der Waals surface area contributed by atoms with Crippen molar-refractivity contribution in [1.29, 1.82) is 0 Å². The zero-order valence-corrected chi connectivity index (χ0v) is 18.7. The molecule has 9 heteroatoms. The van der Waals surface area contributed by atoms with Crippen molar-refractivity contribution in [3.05, 3.63) is 77.2 Å². The molecule has 2 aromatic heterocycles. The van der Waals surface area contributed by atoms with Gasteiger partial charge in [0.15, 0.2) is 5.60 Å². The number of carbonyl (C=O) groups is 2. The highest BCUT2D eigenvalue weighted by Gasteiger charge is 2.51. The second-order valence-corrected chi connectivity index (χ2v) is 8.62. The minimum Gasteiger partial charge on any atom is -0.439 e. The van der Waals surface area contributed by atoms with Gasteiger partial charge in [-0.3, -0.25) is 14.7 Å². The van der Waals surface area contributed by atoms with Crippen LogP contribution < -0.4 is 9.64 Å². The molecule has 5 rings (SSSR count). The fourth-order valence-electron chi connectivity index (χ4n) is 4.13. The topological polar surface area (TPSA) is 84.9 Å². The molecule has 2 fully saturated rings. The number of aryl methyl sites for hydroxylation is 1. The standard InChI is InChI=1S/C24H21ClN4O4/c1-16-7-8-19(13-27-16)32-21-20(6-3-10-26-21)22(30)28-11-9-24(14-28)15-29(23(31)33-24)18-5-2-4-17(25)12-18/h2-8,10,12-13H,9,11,14-15H2,1H3/t24-/m0/s1. The first kappa shape index (κ1) is 21.2. The maximum atomic E-state index is 13.3. The number of anilines is 1. The Hall–Kier alpha value is -3.65. The number of nitrogens with zero attached hydrogens (tertiary/aromatic N) is 4. The number of aromatic nitrogens is 2. The third-order valence-corrected chi connectivity index (χ3v) is 6.03. The van der Waals surface area contributed by atoms with Crippen LogP contribution in [0.3, 0.4) is 0 Å². The number of halogens is 1. The van der Waals surface area contributed by atoms with E-state index in [9.17, 15) is 9.59 Å². The Kier molecular flexibility index (Phi) is 5.38. The molecule has 4 heterocycles. The van der Waals surface area contributed by atoms with E-state index in [1.807, 2.05) is 19.1 Å². The Labute approximate surface area is 195 Å². The smallest absolute Gasteiger partial charge is 0.415 e. The number of hydrogen-bond acceptors (Lipinski definition) is 6. The van der Waals surface area contributed by atoms with Gasteiger partial charge in [-0.2, -0.15) is 0 Å². The molecule has 0 N–H and O–H groups in total. The summed E-state index contributed by atoms with van der Waals surface area (Å²) >= 11 is 6.08. The van der Waals surface area contributed by atoms with E-state index in [0.717, 1.165) is 5.69 Å². The van der Waals surface area contributed by atoms with Crippen molar-refractivity contribution in [2.24, 2.45) is 0 Å². The third kappa shape index (κ3) is 4.21. The molecule has 33 heavy (non-hydrogen) atoms. The van der Waals surface area contributed by atoms with Crippen LogP contribution in [0, 0.1) is 6.92 Å². The molecule has 0 bridgehead atoms. The van der Waals surface area contributed by atoms with Crippen LogP contribution in [0.1, 0.15) is 22.5 Å². The molecule has 0 saturated carbocycles. The lowest BCUT2D eigenvalue weighted by Gasteiger charge is -2.22. The Morgan fingerprint density at radius 3 is 2.82 bits per heavy atom. The van der Waals surface area contributed by atoms with Crippen LogP contribution >= 0.6 is 11.6 Å². The average Bonchev–Trinajstić information content (AvgIpc) is 3.37. The minimum atomic E-state index is -0.765. The molecule has 8 nitrogen and oxygen atoms in total. The Bertz CT molecular complexity index is 1220. The number of ether oxygens (including phenoxy) is 2. The average molecular weight is 465 g/mol. The van der Waals surface area contributed by atoms with Gasteiger partial charge in [-0.25, -0.2) is 9.78 Å². The number of carbonyl (C=O) groups excluding carboxylic acids is 2. The lowest BCUT2D eigenvalue weighted by Crippen LogP contribution is -2.39. The summed E-state index contributed by atoms with van der Waals surface area (Å²) in [5.41, 5.74) is 1.11. The zero-order valence-electron chi connectivity index (χ0n) is 17.9. The van der Waals surface area contributed by atoms with Crippen LogP contribution in [0.5, 0.6) is 11.6 Å². The summed E-state index contributed by atoms with van der Waals surface area (Å²) in [6.45, 7) is 2.97. The van der Waals surface area contributed by atoms with Crippen LogP contribution in [0.15, 0.2) is 60.9 Å². The van der Waals surface area contributed by atoms with E-state index in [4.69, 9.17) is 21.1 Å². The molecule has 0 radical (unpaired) electrons. The number of pyridine rings is 2. The van der Waals surface area contributed by atoms with E-state index in [1.165, 1.54) is 0 Å². The molecule has 1 spiro atoms. The summed E-state index contributed by atoms with van der Waals surface area (Å²) in [5.74, 6) is 0.471. The first-order valence-corrected chi connectivity index (χ1v) is 10.9. The van der Waals surface area contributed by atoms with Crippen molar-refractivity contribution in [2.45, 2.75) is 18.9 Å². The highest BCUT2D eigenvalue weighted by atomic mass is 35.5. The molecular formula is C24H21ClN4O4. The van der Waals surface area contributed by atoms with E-state index < -0.39 is 11.7 Å². The first-order chi connectivity index (χ1) is 15.9. The lowest BCUT2D eigenvalue weighted by atomic mass is 10.0. The van der Waals surface area contributed by atoms with Gasteiger partial charge >= 0.3 is 6.09 Å². The Balaban J connectivity index is 1.33. The van der Waals surface area contributed by atoms with Crippen molar-refractivity contribution in [1.82, 2.24) is 14.9 Å². The summed E-state index contributed by atoms with van der Waals surface area (Å²) in [6.07, 6.45) is 3.26. The van der Waals surface area contributed by atoms with Gasteiger partial charge in [-0.05, 0) is 49.4 Å². The molecule has 2 aliphatic heterocycles. The van der Waals surface area contributed by atoms with Gasteiger partial charge < -0.3 is 14.4 Å². The van der Waals surface area contributed by atoms with Gasteiger partial charge in [0, 0.05) is 35.6 Å². The molecule has 1 atom stereocenters. The van der Waals surface area contributed by atoms with Crippen molar-refractivity contribution in [3.8, 4) is 11.6 Å². The summed E-state index contributed by atoms with van der Waals surface area (Å²) in [6, 6.07) is 14.0. The fourth-order valence-corrected chi connectivity index (χ4v) is 4.31. The Morgan fingerprint density at radius 1 is 1.15 bits per heavy atom. The monoisotopic (exact) mass is 464 g/mol. The summed E-state index contributed by atoms with van der Waals surface area (Å²) < 4.78 is 11.6. The maximum absolute atomic E-state index is 13.3. The number of amides is 2. The highest BCUT2D eigenvalue weighted by molar-refractivity contribution is 6.30. The molecule has 1 aromatic carbocycles. The van der Waals surface area contributed by atoms with Gasteiger partial charge in [0.2, 0.25) is 5.88 Å². The highest BCUT2D eigenvalue weighted by Crippen LogP contribution is 2.36. The van der Waals surface area contributed by atoms with Gasteiger partial charge in [0.05, 0.1) is 19.3 Å². The normalized spacial score (nSPS) is 19.8. The SMILES string of the molecule is Cc1ccc(Oc2ncccc2C(=O)N2CC[C@]3(C2)CN(c2cccc(Cl)c2)C(=O)O3)cn1.